The van der Waals surface area contributed by atoms with Gasteiger partial charge in [0.25, 0.3) is 0 Å². The monoisotopic (exact) mass is 304 g/mol. The number of rotatable bonds is 2. The van der Waals surface area contributed by atoms with Crippen molar-refractivity contribution < 1.29 is 0 Å². The summed E-state index contributed by atoms with van der Waals surface area (Å²) in [5, 5.41) is 0. The molecule has 2 aromatic carbocycles. The fraction of sp³-hybridized carbons (Fsp3) is 0.286. The van der Waals surface area contributed by atoms with E-state index in [1.807, 2.05) is 6.20 Å². The molecular weight excluding hydrogens is 280 g/mol. The third-order valence-corrected chi connectivity index (χ3v) is 4.28. The van der Waals surface area contributed by atoms with Crippen molar-refractivity contribution in [2.24, 2.45) is 0 Å². The molecule has 118 valence electrons. The minimum Gasteiger partial charge on any atom is -0.297 e. The maximum absolute atomic E-state index is 4.71. The zero-order valence-electron chi connectivity index (χ0n) is 14.9. The van der Waals surface area contributed by atoms with Crippen LogP contribution in [-0.4, -0.2) is 9.55 Å². The zero-order chi connectivity index (χ0) is 16.7. The van der Waals surface area contributed by atoms with Crippen LogP contribution in [0.25, 0.3) is 17.1 Å². The molecular formula is C21H24N2. The van der Waals surface area contributed by atoms with E-state index in [9.17, 15) is 0 Å². The number of nitrogens with zero attached hydrogens (tertiary/aromatic N) is 2. The summed E-state index contributed by atoms with van der Waals surface area (Å²) < 4.78 is 2.29. The van der Waals surface area contributed by atoms with Crippen LogP contribution in [0.1, 0.15) is 33.5 Å². The van der Waals surface area contributed by atoms with Gasteiger partial charge in [0.2, 0.25) is 0 Å². The zero-order valence-corrected chi connectivity index (χ0v) is 14.9. The summed E-state index contributed by atoms with van der Waals surface area (Å²) in [7, 11) is 0. The topological polar surface area (TPSA) is 17.8 Å². The molecule has 0 saturated heterocycles. The van der Waals surface area contributed by atoms with E-state index >= 15 is 0 Å². The van der Waals surface area contributed by atoms with Gasteiger partial charge in [0.05, 0.1) is 5.69 Å². The highest BCUT2D eigenvalue weighted by molar-refractivity contribution is 5.64. The van der Waals surface area contributed by atoms with Crippen LogP contribution < -0.4 is 0 Å². The second kappa shape index (κ2) is 5.69. The van der Waals surface area contributed by atoms with Crippen molar-refractivity contribution in [1.29, 1.82) is 0 Å². The van der Waals surface area contributed by atoms with Crippen molar-refractivity contribution in [2.75, 3.05) is 0 Å². The van der Waals surface area contributed by atoms with Crippen molar-refractivity contribution in [3.63, 3.8) is 0 Å². The molecule has 0 aliphatic carbocycles. The molecule has 2 nitrogen and oxygen atoms in total. The van der Waals surface area contributed by atoms with Crippen LogP contribution in [0.4, 0.5) is 0 Å². The van der Waals surface area contributed by atoms with Gasteiger partial charge in [0.1, 0.15) is 5.82 Å². The summed E-state index contributed by atoms with van der Waals surface area (Å²) in [4.78, 5) is 4.71. The highest BCUT2D eigenvalue weighted by Gasteiger charge is 2.15. The number of hydrogen-bond acceptors (Lipinski definition) is 1. The summed E-state index contributed by atoms with van der Waals surface area (Å²) in [5.41, 5.74) is 10.00. The predicted octanol–water partition coefficient (Wildman–Crippen LogP) is 5.39. The standard InChI is InChI=1S/C21H24N2/c1-13-7-14(2)11-19(10-13)21-22-12-18(6)23(21)20-16(4)8-15(3)9-17(20)5/h7-12H,1-6H3. The van der Waals surface area contributed by atoms with E-state index in [-0.39, 0.29) is 0 Å². The fourth-order valence-corrected chi connectivity index (χ4v) is 3.55. The van der Waals surface area contributed by atoms with Crippen LogP contribution in [0.15, 0.2) is 36.5 Å². The summed E-state index contributed by atoms with van der Waals surface area (Å²) in [6.07, 6.45) is 1.96. The van der Waals surface area contributed by atoms with Crippen molar-refractivity contribution in [1.82, 2.24) is 9.55 Å². The van der Waals surface area contributed by atoms with Crippen molar-refractivity contribution in [3.8, 4) is 17.1 Å². The maximum atomic E-state index is 4.71. The molecule has 3 aromatic rings. The lowest BCUT2D eigenvalue weighted by Gasteiger charge is -2.17. The lowest BCUT2D eigenvalue weighted by molar-refractivity contribution is 0.984. The van der Waals surface area contributed by atoms with Gasteiger partial charge in [0, 0.05) is 17.5 Å². The molecule has 3 rings (SSSR count). The van der Waals surface area contributed by atoms with E-state index in [0.29, 0.717) is 0 Å². The molecule has 23 heavy (non-hydrogen) atoms. The predicted molar refractivity (Wildman–Crippen MR) is 97.4 cm³/mol. The molecule has 0 amide bonds. The Morgan fingerprint density at radius 1 is 0.696 bits per heavy atom. The molecule has 1 aromatic heterocycles. The average Bonchev–Trinajstić information content (AvgIpc) is 2.79. The Hall–Kier alpha value is -2.35. The van der Waals surface area contributed by atoms with E-state index in [1.165, 1.54) is 39.1 Å². The quantitative estimate of drug-likeness (QED) is 0.620. The molecule has 0 aliphatic rings. The van der Waals surface area contributed by atoms with E-state index in [4.69, 9.17) is 4.98 Å². The van der Waals surface area contributed by atoms with E-state index in [2.05, 4.69) is 76.4 Å². The van der Waals surface area contributed by atoms with Gasteiger partial charge in [-0.25, -0.2) is 4.98 Å². The number of imidazole rings is 1. The van der Waals surface area contributed by atoms with Crippen LogP contribution >= 0.6 is 0 Å². The molecule has 0 spiro atoms. The minimum atomic E-state index is 1.02. The highest BCUT2D eigenvalue weighted by atomic mass is 15.1. The molecule has 1 heterocycles. The third-order valence-electron chi connectivity index (χ3n) is 4.28. The Morgan fingerprint density at radius 2 is 1.22 bits per heavy atom. The summed E-state index contributed by atoms with van der Waals surface area (Å²) in [5.74, 6) is 1.02. The van der Waals surface area contributed by atoms with Gasteiger partial charge >= 0.3 is 0 Å². The molecule has 0 N–H and O–H groups in total. The Bertz CT molecular complexity index is 842. The molecule has 0 bridgehead atoms. The normalized spacial score (nSPS) is 11.0. The summed E-state index contributed by atoms with van der Waals surface area (Å²) in [6, 6.07) is 11.1. The smallest absolute Gasteiger partial charge is 0.144 e. The lowest BCUT2D eigenvalue weighted by Crippen LogP contribution is -2.05. The van der Waals surface area contributed by atoms with Gasteiger partial charge in [0.15, 0.2) is 0 Å². The second-order valence-electron chi connectivity index (χ2n) is 6.68. The molecule has 0 atom stereocenters. The fourth-order valence-electron chi connectivity index (χ4n) is 3.55. The van der Waals surface area contributed by atoms with Crippen LogP contribution in [0.2, 0.25) is 0 Å². The number of aromatic nitrogens is 2. The number of hydrogen-bond donors (Lipinski definition) is 0. The molecule has 0 unspecified atom stereocenters. The minimum absolute atomic E-state index is 1.02. The van der Waals surface area contributed by atoms with Gasteiger partial charge in [-0.2, -0.15) is 0 Å². The average molecular weight is 304 g/mol. The van der Waals surface area contributed by atoms with Gasteiger partial charge < -0.3 is 0 Å². The van der Waals surface area contributed by atoms with E-state index in [0.717, 1.165) is 11.5 Å². The van der Waals surface area contributed by atoms with Crippen LogP contribution in [0.3, 0.4) is 0 Å². The highest BCUT2D eigenvalue weighted by Crippen LogP contribution is 2.29. The van der Waals surface area contributed by atoms with Crippen LogP contribution in [0.5, 0.6) is 0 Å². The van der Waals surface area contributed by atoms with E-state index < -0.39 is 0 Å². The van der Waals surface area contributed by atoms with Gasteiger partial charge in [-0.1, -0.05) is 34.9 Å². The first-order valence-electron chi connectivity index (χ1n) is 8.08. The number of benzene rings is 2. The lowest BCUT2D eigenvalue weighted by atomic mass is 10.0. The Morgan fingerprint density at radius 3 is 1.78 bits per heavy atom. The summed E-state index contributed by atoms with van der Waals surface area (Å²) >= 11 is 0. The summed E-state index contributed by atoms with van der Waals surface area (Å²) in [6.45, 7) is 12.9. The second-order valence-corrected chi connectivity index (χ2v) is 6.68. The third kappa shape index (κ3) is 2.81. The Kier molecular flexibility index (Phi) is 3.85. The number of aryl methyl sites for hydroxylation is 6. The maximum Gasteiger partial charge on any atom is 0.144 e. The van der Waals surface area contributed by atoms with Gasteiger partial charge in [-0.3, -0.25) is 4.57 Å². The molecule has 0 aliphatic heterocycles. The van der Waals surface area contributed by atoms with Gasteiger partial charge in [-0.15, -0.1) is 0 Å². The van der Waals surface area contributed by atoms with E-state index in [1.54, 1.807) is 0 Å². The SMILES string of the molecule is Cc1cc(C)cc(-c2ncc(C)n2-c2c(C)cc(C)cc2C)c1. The van der Waals surface area contributed by atoms with Crippen molar-refractivity contribution >= 4 is 0 Å². The van der Waals surface area contributed by atoms with Gasteiger partial charge in [-0.05, 0) is 64.8 Å². The first-order valence-corrected chi connectivity index (χ1v) is 8.08. The van der Waals surface area contributed by atoms with Crippen LogP contribution in [0, 0.1) is 41.5 Å². The largest absolute Gasteiger partial charge is 0.297 e. The Balaban J connectivity index is 2.29. The molecule has 0 saturated carbocycles. The van der Waals surface area contributed by atoms with Crippen molar-refractivity contribution in [3.05, 3.63) is 70.0 Å². The van der Waals surface area contributed by atoms with Crippen LogP contribution in [-0.2, 0) is 0 Å². The first-order chi connectivity index (χ1) is 10.9. The molecule has 0 radical (unpaired) electrons. The Labute approximate surface area is 138 Å². The van der Waals surface area contributed by atoms with Crippen molar-refractivity contribution in [2.45, 2.75) is 41.5 Å². The first kappa shape index (κ1) is 15.5. The molecule has 0 fully saturated rings. The molecule has 2 heteroatoms.